The Hall–Kier alpha value is -2.30. The van der Waals surface area contributed by atoms with Gasteiger partial charge in [0.05, 0.1) is 23.4 Å². The van der Waals surface area contributed by atoms with Gasteiger partial charge in [-0.05, 0) is 12.1 Å². The number of nitrogens with one attached hydrogen (secondary N) is 1. The molecule has 0 radical (unpaired) electrons. The number of aromatic nitrogens is 3. The average Bonchev–Trinajstić information content (AvgIpc) is 2.68. The molecule has 2 heterocycles. The van der Waals surface area contributed by atoms with Crippen molar-refractivity contribution in [2.24, 2.45) is 0 Å². The number of hydrogen-bond donors (Lipinski definition) is 2. The van der Waals surface area contributed by atoms with Gasteiger partial charge in [-0.1, -0.05) is 6.07 Å². The summed E-state index contributed by atoms with van der Waals surface area (Å²) in [6.45, 7) is 0. The molecule has 0 unspecified atom stereocenters. The number of ether oxygens (including phenoxy) is 1. The number of fused-ring (bicyclic) bond motifs is 3. The number of benzene rings is 1. The van der Waals surface area contributed by atoms with Gasteiger partial charge in [-0.25, -0.2) is 9.97 Å². The number of anilines is 1. The Morgan fingerprint density at radius 2 is 2.12 bits per heavy atom. The van der Waals surface area contributed by atoms with E-state index in [1.807, 2.05) is 18.2 Å². The van der Waals surface area contributed by atoms with E-state index in [0.29, 0.717) is 5.82 Å². The average molecular weight is 214 g/mol. The SMILES string of the molecule is COc1cccc2[nH]c3ncnc(N)c3c12. The molecule has 0 spiro atoms. The number of nitrogens with two attached hydrogens (primary N) is 1. The normalized spacial score (nSPS) is 11.1. The van der Waals surface area contributed by atoms with Gasteiger partial charge >= 0.3 is 0 Å². The third-order valence-corrected chi connectivity index (χ3v) is 2.63. The van der Waals surface area contributed by atoms with Gasteiger partial charge in [-0.2, -0.15) is 0 Å². The summed E-state index contributed by atoms with van der Waals surface area (Å²) in [7, 11) is 1.63. The van der Waals surface area contributed by atoms with Crippen LogP contribution in [0.3, 0.4) is 0 Å². The first-order chi connectivity index (χ1) is 7.81. The lowest BCUT2D eigenvalue weighted by atomic mass is 10.2. The van der Waals surface area contributed by atoms with Crippen molar-refractivity contribution in [2.45, 2.75) is 0 Å². The first-order valence-corrected chi connectivity index (χ1v) is 4.86. The lowest BCUT2D eigenvalue weighted by Gasteiger charge is -2.01. The fourth-order valence-corrected chi connectivity index (χ4v) is 1.93. The second-order valence-corrected chi connectivity index (χ2v) is 3.49. The van der Waals surface area contributed by atoms with E-state index in [4.69, 9.17) is 10.5 Å². The van der Waals surface area contributed by atoms with E-state index < -0.39 is 0 Å². The molecule has 3 aromatic rings. The minimum atomic E-state index is 0.459. The lowest BCUT2D eigenvalue weighted by molar-refractivity contribution is 0.420. The monoisotopic (exact) mass is 214 g/mol. The zero-order chi connectivity index (χ0) is 11.1. The van der Waals surface area contributed by atoms with Crippen LogP contribution in [-0.2, 0) is 0 Å². The maximum Gasteiger partial charge on any atom is 0.144 e. The number of nitrogen functional groups attached to an aromatic ring is 1. The minimum absolute atomic E-state index is 0.459. The Bertz CT molecular complexity index is 674. The molecule has 3 N–H and O–H groups in total. The van der Waals surface area contributed by atoms with Crippen LogP contribution in [0, 0.1) is 0 Å². The van der Waals surface area contributed by atoms with E-state index in [2.05, 4.69) is 15.0 Å². The van der Waals surface area contributed by atoms with Gasteiger partial charge < -0.3 is 15.5 Å². The van der Waals surface area contributed by atoms with Crippen LogP contribution in [0.2, 0.25) is 0 Å². The maximum absolute atomic E-state index is 5.86. The zero-order valence-corrected chi connectivity index (χ0v) is 8.69. The Balaban J connectivity index is 2.60. The molecule has 0 amide bonds. The van der Waals surface area contributed by atoms with Crippen LogP contribution in [0.25, 0.3) is 21.9 Å². The third-order valence-electron chi connectivity index (χ3n) is 2.63. The molecular weight excluding hydrogens is 204 g/mol. The van der Waals surface area contributed by atoms with Gasteiger partial charge in [0.25, 0.3) is 0 Å². The van der Waals surface area contributed by atoms with Crippen LogP contribution in [0.5, 0.6) is 5.75 Å². The highest BCUT2D eigenvalue weighted by atomic mass is 16.5. The predicted octanol–water partition coefficient (Wildman–Crippen LogP) is 1.70. The van der Waals surface area contributed by atoms with Gasteiger partial charge in [0, 0.05) is 0 Å². The van der Waals surface area contributed by atoms with Crippen LogP contribution in [0.1, 0.15) is 0 Å². The summed E-state index contributed by atoms with van der Waals surface area (Å²) in [6.07, 6.45) is 1.44. The lowest BCUT2D eigenvalue weighted by Crippen LogP contribution is -1.92. The molecule has 0 fully saturated rings. The molecule has 0 aliphatic carbocycles. The van der Waals surface area contributed by atoms with Crippen molar-refractivity contribution >= 4 is 27.8 Å². The highest BCUT2D eigenvalue weighted by molar-refractivity contribution is 6.13. The second kappa shape index (κ2) is 3.10. The molecule has 1 aromatic carbocycles. The van der Waals surface area contributed by atoms with E-state index in [1.165, 1.54) is 6.33 Å². The molecule has 0 aliphatic rings. The summed E-state index contributed by atoms with van der Waals surface area (Å²) in [5.41, 5.74) is 7.54. The van der Waals surface area contributed by atoms with Crippen LogP contribution >= 0.6 is 0 Å². The fraction of sp³-hybridized carbons (Fsp3) is 0.0909. The second-order valence-electron chi connectivity index (χ2n) is 3.49. The molecule has 2 aromatic heterocycles. The van der Waals surface area contributed by atoms with Gasteiger partial charge in [0.1, 0.15) is 23.5 Å². The molecule has 80 valence electrons. The molecule has 16 heavy (non-hydrogen) atoms. The Kier molecular flexibility index (Phi) is 1.73. The minimum Gasteiger partial charge on any atom is -0.496 e. The summed E-state index contributed by atoms with van der Waals surface area (Å²) in [4.78, 5) is 11.3. The van der Waals surface area contributed by atoms with Crippen LogP contribution < -0.4 is 10.5 Å². The van der Waals surface area contributed by atoms with Crippen molar-refractivity contribution < 1.29 is 4.74 Å². The number of hydrogen-bond acceptors (Lipinski definition) is 4. The molecule has 5 heteroatoms. The predicted molar refractivity (Wildman–Crippen MR) is 62.4 cm³/mol. The van der Waals surface area contributed by atoms with Gasteiger partial charge in [-0.15, -0.1) is 0 Å². The van der Waals surface area contributed by atoms with Gasteiger partial charge in [0.2, 0.25) is 0 Å². The largest absolute Gasteiger partial charge is 0.496 e. The summed E-state index contributed by atoms with van der Waals surface area (Å²) >= 11 is 0. The van der Waals surface area contributed by atoms with Gasteiger partial charge in [0.15, 0.2) is 0 Å². The van der Waals surface area contributed by atoms with E-state index in [-0.39, 0.29) is 0 Å². The molecule has 3 rings (SSSR count). The van der Waals surface area contributed by atoms with Crippen molar-refractivity contribution in [3.05, 3.63) is 24.5 Å². The summed E-state index contributed by atoms with van der Waals surface area (Å²) < 4.78 is 5.32. The highest BCUT2D eigenvalue weighted by Crippen LogP contribution is 2.34. The van der Waals surface area contributed by atoms with E-state index in [1.54, 1.807) is 7.11 Å². The van der Waals surface area contributed by atoms with Crippen LogP contribution in [0.15, 0.2) is 24.5 Å². The molecule has 0 bridgehead atoms. The Morgan fingerprint density at radius 1 is 1.25 bits per heavy atom. The number of rotatable bonds is 1. The van der Waals surface area contributed by atoms with Crippen LogP contribution in [-0.4, -0.2) is 22.1 Å². The quantitative estimate of drug-likeness (QED) is 0.646. The van der Waals surface area contributed by atoms with E-state index in [9.17, 15) is 0 Å². The maximum atomic E-state index is 5.86. The summed E-state index contributed by atoms with van der Waals surface area (Å²) in [6, 6.07) is 5.77. The van der Waals surface area contributed by atoms with Crippen molar-refractivity contribution in [1.82, 2.24) is 15.0 Å². The zero-order valence-electron chi connectivity index (χ0n) is 8.69. The van der Waals surface area contributed by atoms with Crippen molar-refractivity contribution in [2.75, 3.05) is 12.8 Å². The van der Waals surface area contributed by atoms with Crippen LogP contribution in [0.4, 0.5) is 5.82 Å². The Morgan fingerprint density at radius 3 is 2.94 bits per heavy atom. The molecule has 5 nitrogen and oxygen atoms in total. The smallest absolute Gasteiger partial charge is 0.144 e. The van der Waals surface area contributed by atoms with E-state index in [0.717, 1.165) is 27.7 Å². The number of aromatic amines is 1. The summed E-state index contributed by atoms with van der Waals surface area (Å²) in [5, 5.41) is 1.74. The van der Waals surface area contributed by atoms with Crippen molar-refractivity contribution in [1.29, 1.82) is 0 Å². The first-order valence-electron chi connectivity index (χ1n) is 4.86. The van der Waals surface area contributed by atoms with Crippen molar-refractivity contribution in [3.63, 3.8) is 0 Å². The molecule has 0 aliphatic heterocycles. The fourth-order valence-electron chi connectivity index (χ4n) is 1.93. The third kappa shape index (κ3) is 1.05. The number of methoxy groups -OCH3 is 1. The van der Waals surface area contributed by atoms with Gasteiger partial charge in [-0.3, -0.25) is 0 Å². The van der Waals surface area contributed by atoms with Crippen molar-refractivity contribution in [3.8, 4) is 5.75 Å². The standard InChI is InChI=1S/C11H10N4O/c1-16-7-4-2-3-6-8(7)9-10(12)13-5-14-11(9)15-6/h2-5H,1H3,(H3,12,13,14,15). The molecule has 0 saturated carbocycles. The molecular formula is C11H10N4O. The first kappa shape index (κ1) is 8.96. The molecule has 0 saturated heterocycles. The molecule has 0 atom stereocenters. The topological polar surface area (TPSA) is 76.8 Å². The highest BCUT2D eigenvalue weighted by Gasteiger charge is 2.12. The number of nitrogens with zero attached hydrogens (tertiary/aromatic N) is 2. The Labute approximate surface area is 91.3 Å². The summed E-state index contributed by atoms with van der Waals surface area (Å²) in [5.74, 6) is 1.23. The van der Waals surface area contributed by atoms with E-state index >= 15 is 0 Å². The number of H-pyrrole nitrogens is 1.